The smallest absolute Gasteiger partial charge is 0.256 e. The first kappa shape index (κ1) is 13.1. The summed E-state index contributed by atoms with van der Waals surface area (Å²) in [6.07, 6.45) is 4.29. The average molecular weight is 276 g/mol. The van der Waals surface area contributed by atoms with Gasteiger partial charge in [0.25, 0.3) is 5.91 Å². The van der Waals surface area contributed by atoms with Crippen LogP contribution < -0.4 is 15.2 Å². The molecule has 0 radical (unpaired) electrons. The number of unbranched alkanes of at least 4 members (excludes halogenated alkanes) is 1. The minimum Gasteiger partial charge on any atom is -0.454 e. The number of nitrogens with two attached hydrogens (primary N) is 1. The number of carbonyl (C=O) groups excluding carboxylic acids is 1. The number of fused-ring (bicyclic) bond motifs is 1. The number of nitrogens with zero attached hydrogens (tertiary/aromatic N) is 1. The lowest BCUT2D eigenvalue weighted by Crippen LogP contribution is -2.34. The van der Waals surface area contributed by atoms with Gasteiger partial charge < -0.3 is 20.1 Å². The van der Waals surface area contributed by atoms with Gasteiger partial charge in [-0.2, -0.15) is 0 Å². The molecule has 108 valence electrons. The molecular weight excluding hydrogens is 256 g/mol. The monoisotopic (exact) mass is 276 g/mol. The first-order chi connectivity index (χ1) is 9.70. The van der Waals surface area contributed by atoms with E-state index in [0.717, 1.165) is 32.2 Å². The molecule has 0 atom stereocenters. The number of rotatable bonds is 5. The molecule has 0 unspecified atom stereocenters. The summed E-state index contributed by atoms with van der Waals surface area (Å²) in [7, 11) is 0. The quantitative estimate of drug-likeness (QED) is 0.839. The Morgan fingerprint density at radius 1 is 1.35 bits per heavy atom. The number of benzene rings is 1. The Kier molecular flexibility index (Phi) is 3.42. The second-order valence-electron chi connectivity index (χ2n) is 5.38. The topological polar surface area (TPSA) is 64.8 Å². The highest BCUT2D eigenvalue weighted by Crippen LogP contribution is 2.37. The van der Waals surface area contributed by atoms with Gasteiger partial charge >= 0.3 is 0 Å². The van der Waals surface area contributed by atoms with Gasteiger partial charge in [0.2, 0.25) is 6.79 Å². The lowest BCUT2D eigenvalue weighted by atomic mass is 10.1. The Morgan fingerprint density at radius 3 is 2.70 bits per heavy atom. The number of amides is 1. The molecule has 0 aromatic heterocycles. The molecule has 1 aromatic rings. The van der Waals surface area contributed by atoms with Crippen LogP contribution in [0, 0.1) is 0 Å². The van der Waals surface area contributed by atoms with Crippen LogP contribution in [0.25, 0.3) is 0 Å². The molecule has 0 saturated heterocycles. The number of anilines is 1. The molecule has 1 amide bonds. The fourth-order valence-electron chi connectivity index (χ4n) is 2.46. The summed E-state index contributed by atoms with van der Waals surface area (Å²) in [6.45, 7) is 3.12. The highest BCUT2D eigenvalue weighted by molar-refractivity contribution is 6.00. The molecule has 2 aliphatic rings. The number of hydrogen-bond acceptors (Lipinski definition) is 4. The summed E-state index contributed by atoms with van der Waals surface area (Å²) in [6, 6.07) is 3.78. The predicted octanol–water partition coefficient (Wildman–Crippen LogP) is 2.40. The van der Waals surface area contributed by atoms with Crippen LogP contribution >= 0.6 is 0 Å². The predicted molar refractivity (Wildman–Crippen MR) is 75.9 cm³/mol. The van der Waals surface area contributed by atoms with Crippen molar-refractivity contribution in [2.24, 2.45) is 0 Å². The Morgan fingerprint density at radius 2 is 2.05 bits per heavy atom. The van der Waals surface area contributed by atoms with E-state index >= 15 is 0 Å². The van der Waals surface area contributed by atoms with E-state index in [2.05, 4.69) is 6.92 Å². The van der Waals surface area contributed by atoms with Crippen molar-refractivity contribution < 1.29 is 14.3 Å². The summed E-state index contributed by atoms with van der Waals surface area (Å²) in [5.74, 6) is 1.23. The Labute approximate surface area is 118 Å². The molecule has 20 heavy (non-hydrogen) atoms. The summed E-state index contributed by atoms with van der Waals surface area (Å²) < 4.78 is 10.6. The van der Waals surface area contributed by atoms with Gasteiger partial charge in [-0.15, -0.1) is 0 Å². The van der Waals surface area contributed by atoms with Gasteiger partial charge in [0.1, 0.15) is 0 Å². The second kappa shape index (κ2) is 5.23. The molecule has 1 heterocycles. The minimum atomic E-state index is 0.0109. The summed E-state index contributed by atoms with van der Waals surface area (Å²) in [5.41, 5.74) is 6.98. The van der Waals surface area contributed by atoms with Crippen LogP contribution in [-0.4, -0.2) is 30.2 Å². The molecular formula is C15H20N2O3. The van der Waals surface area contributed by atoms with Gasteiger partial charge in [-0.05, 0) is 25.3 Å². The molecule has 1 saturated carbocycles. The maximum Gasteiger partial charge on any atom is 0.256 e. The average Bonchev–Trinajstić information content (AvgIpc) is 3.17. The van der Waals surface area contributed by atoms with Gasteiger partial charge in [0.05, 0.1) is 5.56 Å². The van der Waals surface area contributed by atoms with E-state index in [-0.39, 0.29) is 12.7 Å². The third kappa shape index (κ3) is 2.40. The molecule has 2 N–H and O–H groups in total. The molecule has 1 aliphatic carbocycles. The number of ether oxygens (including phenoxy) is 2. The maximum atomic E-state index is 12.7. The van der Waals surface area contributed by atoms with Crippen molar-refractivity contribution in [3.63, 3.8) is 0 Å². The largest absolute Gasteiger partial charge is 0.454 e. The van der Waals surface area contributed by atoms with E-state index < -0.39 is 0 Å². The van der Waals surface area contributed by atoms with Crippen LogP contribution in [0.15, 0.2) is 12.1 Å². The van der Waals surface area contributed by atoms with E-state index in [1.54, 1.807) is 12.1 Å². The first-order valence-electron chi connectivity index (χ1n) is 7.20. The van der Waals surface area contributed by atoms with Gasteiger partial charge in [0, 0.05) is 24.3 Å². The molecule has 1 fully saturated rings. The summed E-state index contributed by atoms with van der Waals surface area (Å²) in [4.78, 5) is 14.7. The molecule has 5 nitrogen and oxygen atoms in total. The van der Waals surface area contributed by atoms with Crippen LogP contribution in [-0.2, 0) is 0 Å². The van der Waals surface area contributed by atoms with Crippen molar-refractivity contribution in [3.8, 4) is 11.5 Å². The number of hydrogen-bond donors (Lipinski definition) is 1. The maximum absolute atomic E-state index is 12.7. The van der Waals surface area contributed by atoms with Gasteiger partial charge in [-0.25, -0.2) is 0 Å². The molecule has 5 heteroatoms. The van der Waals surface area contributed by atoms with E-state index in [1.165, 1.54) is 0 Å². The number of nitrogen functional groups attached to an aromatic ring is 1. The zero-order chi connectivity index (χ0) is 14.1. The van der Waals surface area contributed by atoms with Crippen molar-refractivity contribution in [1.29, 1.82) is 0 Å². The minimum absolute atomic E-state index is 0.0109. The Bertz CT molecular complexity index is 526. The Balaban J connectivity index is 1.85. The Hall–Kier alpha value is -1.91. The van der Waals surface area contributed by atoms with Crippen LogP contribution in [0.3, 0.4) is 0 Å². The van der Waals surface area contributed by atoms with Gasteiger partial charge in [-0.1, -0.05) is 13.3 Å². The molecule has 1 aromatic carbocycles. The fraction of sp³-hybridized carbons (Fsp3) is 0.533. The zero-order valence-electron chi connectivity index (χ0n) is 11.7. The van der Waals surface area contributed by atoms with E-state index in [1.807, 2.05) is 4.90 Å². The van der Waals surface area contributed by atoms with Crippen molar-refractivity contribution in [2.45, 2.75) is 38.6 Å². The normalized spacial score (nSPS) is 16.2. The fourth-order valence-corrected chi connectivity index (χ4v) is 2.46. The van der Waals surface area contributed by atoms with Crippen molar-refractivity contribution in [1.82, 2.24) is 4.90 Å². The van der Waals surface area contributed by atoms with Crippen molar-refractivity contribution in [3.05, 3.63) is 17.7 Å². The van der Waals surface area contributed by atoms with Crippen LogP contribution in [0.5, 0.6) is 11.5 Å². The molecule has 0 spiro atoms. The first-order valence-corrected chi connectivity index (χ1v) is 7.20. The van der Waals surface area contributed by atoms with Gasteiger partial charge in [0.15, 0.2) is 11.5 Å². The summed E-state index contributed by atoms with van der Waals surface area (Å²) in [5, 5.41) is 0. The lowest BCUT2D eigenvalue weighted by Gasteiger charge is -2.23. The molecule has 3 rings (SSSR count). The lowest BCUT2D eigenvalue weighted by molar-refractivity contribution is 0.0741. The van der Waals surface area contributed by atoms with Crippen LogP contribution in [0.2, 0.25) is 0 Å². The molecule has 1 aliphatic heterocycles. The summed E-state index contributed by atoms with van der Waals surface area (Å²) >= 11 is 0. The highest BCUT2D eigenvalue weighted by Gasteiger charge is 2.34. The SMILES string of the molecule is CCCCN(C(=O)c1cc2c(cc1N)OCO2)C1CC1. The third-order valence-corrected chi connectivity index (χ3v) is 3.78. The van der Waals surface area contributed by atoms with Crippen LogP contribution in [0.1, 0.15) is 43.0 Å². The van der Waals surface area contributed by atoms with Crippen LogP contribution in [0.4, 0.5) is 5.69 Å². The van der Waals surface area contributed by atoms with Gasteiger partial charge in [-0.3, -0.25) is 4.79 Å². The molecule has 0 bridgehead atoms. The standard InChI is InChI=1S/C15H20N2O3/c1-2-3-6-17(10-4-5-10)15(18)11-7-13-14(8-12(11)16)20-9-19-13/h7-8,10H,2-6,9,16H2,1H3. The third-order valence-electron chi connectivity index (χ3n) is 3.78. The van der Waals surface area contributed by atoms with Crippen molar-refractivity contribution >= 4 is 11.6 Å². The van der Waals surface area contributed by atoms with E-state index in [0.29, 0.717) is 28.8 Å². The van der Waals surface area contributed by atoms with E-state index in [9.17, 15) is 4.79 Å². The highest BCUT2D eigenvalue weighted by atomic mass is 16.7. The van der Waals surface area contributed by atoms with Crippen molar-refractivity contribution in [2.75, 3.05) is 19.1 Å². The number of carbonyl (C=O) groups is 1. The zero-order valence-corrected chi connectivity index (χ0v) is 11.7. The second-order valence-corrected chi connectivity index (χ2v) is 5.38. The van der Waals surface area contributed by atoms with E-state index in [4.69, 9.17) is 15.2 Å².